The summed E-state index contributed by atoms with van der Waals surface area (Å²) in [6.07, 6.45) is 2.69. The van der Waals surface area contributed by atoms with E-state index in [1.165, 1.54) is 37.1 Å². The lowest BCUT2D eigenvalue weighted by atomic mass is 10.2. The van der Waals surface area contributed by atoms with Gasteiger partial charge in [-0.2, -0.15) is 0 Å². The van der Waals surface area contributed by atoms with Gasteiger partial charge in [-0.15, -0.1) is 0 Å². The summed E-state index contributed by atoms with van der Waals surface area (Å²) in [5.41, 5.74) is 3.38. The average Bonchev–Trinajstić information content (AvgIpc) is 3.11. The maximum atomic E-state index is 12.3. The summed E-state index contributed by atoms with van der Waals surface area (Å²) in [6, 6.07) is 16.1. The summed E-state index contributed by atoms with van der Waals surface area (Å²) in [6.45, 7) is 4.87. The Morgan fingerprint density at radius 1 is 1.04 bits per heavy atom. The Hall–Kier alpha value is -1.88. The molecule has 1 fully saturated rings. The van der Waals surface area contributed by atoms with Crippen LogP contribution in [-0.2, 0) is 17.9 Å². The standard InChI is InChI=1S/C21H26ClN3O/c1-24(14-17-4-8-19(22)9-5-17)16-21(26)23-20-10-6-18(7-11-20)15-25-12-2-3-13-25/h4-11H,2-3,12-16H2,1H3,(H,23,26)/p+2. The number of hydrogen-bond donors (Lipinski definition) is 3. The molecule has 2 aromatic carbocycles. The summed E-state index contributed by atoms with van der Waals surface area (Å²) in [5.74, 6) is 0.0365. The third-order valence-corrected chi connectivity index (χ3v) is 5.14. The SMILES string of the molecule is C[NH+](CC(=O)Nc1ccc(C[NH+]2CCCC2)cc1)Cc1ccc(Cl)cc1. The van der Waals surface area contributed by atoms with E-state index in [0.29, 0.717) is 6.54 Å². The number of amides is 1. The summed E-state index contributed by atoms with van der Waals surface area (Å²) in [5, 5.41) is 3.74. The Bertz CT molecular complexity index is 709. The first-order chi connectivity index (χ1) is 12.6. The number of quaternary nitrogens is 2. The van der Waals surface area contributed by atoms with Crippen molar-refractivity contribution < 1.29 is 14.6 Å². The predicted octanol–water partition coefficient (Wildman–Crippen LogP) is 1.17. The monoisotopic (exact) mass is 373 g/mol. The highest BCUT2D eigenvalue weighted by molar-refractivity contribution is 6.30. The first kappa shape index (κ1) is 18.9. The van der Waals surface area contributed by atoms with Gasteiger partial charge in [-0.25, -0.2) is 0 Å². The van der Waals surface area contributed by atoms with Crippen molar-refractivity contribution in [2.45, 2.75) is 25.9 Å². The molecule has 1 amide bonds. The van der Waals surface area contributed by atoms with Gasteiger partial charge in [-0.1, -0.05) is 35.9 Å². The Morgan fingerprint density at radius 2 is 1.65 bits per heavy atom. The molecule has 1 aliphatic rings. The lowest BCUT2D eigenvalue weighted by molar-refractivity contribution is -0.901. The first-order valence-electron chi connectivity index (χ1n) is 9.36. The highest BCUT2D eigenvalue weighted by atomic mass is 35.5. The van der Waals surface area contributed by atoms with Gasteiger partial charge in [-0.05, 0) is 24.3 Å². The minimum atomic E-state index is 0.0365. The van der Waals surface area contributed by atoms with Gasteiger partial charge in [0, 0.05) is 34.7 Å². The van der Waals surface area contributed by atoms with Crippen LogP contribution < -0.4 is 15.1 Å². The van der Waals surface area contributed by atoms with Crippen molar-refractivity contribution in [3.05, 3.63) is 64.7 Å². The van der Waals surface area contributed by atoms with Crippen LogP contribution in [0.5, 0.6) is 0 Å². The van der Waals surface area contributed by atoms with Crippen molar-refractivity contribution in [2.75, 3.05) is 32.0 Å². The van der Waals surface area contributed by atoms with E-state index in [4.69, 9.17) is 11.6 Å². The van der Waals surface area contributed by atoms with Gasteiger partial charge in [0.05, 0.1) is 20.1 Å². The second-order valence-electron chi connectivity index (χ2n) is 7.32. The van der Waals surface area contributed by atoms with Gasteiger partial charge in [0.25, 0.3) is 5.91 Å². The summed E-state index contributed by atoms with van der Waals surface area (Å²) in [4.78, 5) is 15.1. The van der Waals surface area contributed by atoms with Gasteiger partial charge < -0.3 is 15.1 Å². The molecule has 3 rings (SSSR count). The summed E-state index contributed by atoms with van der Waals surface area (Å²) < 4.78 is 0. The number of carbonyl (C=O) groups is 1. The Kier molecular flexibility index (Phi) is 6.67. The molecule has 4 nitrogen and oxygen atoms in total. The second kappa shape index (κ2) is 9.17. The van der Waals surface area contributed by atoms with E-state index in [2.05, 4.69) is 17.4 Å². The third kappa shape index (κ3) is 5.84. The smallest absolute Gasteiger partial charge is 0.279 e. The zero-order valence-corrected chi connectivity index (χ0v) is 16.1. The van der Waals surface area contributed by atoms with Crippen LogP contribution in [0.4, 0.5) is 5.69 Å². The summed E-state index contributed by atoms with van der Waals surface area (Å²) >= 11 is 5.91. The molecule has 2 aromatic rings. The van der Waals surface area contributed by atoms with Crippen LogP contribution in [0.15, 0.2) is 48.5 Å². The molecule has 3 N–H and O–H groups in total. The highest BCUT2D eigenvalue weighted by Gasteiger charge is 2.15. The molecule has 0 aromatic heterocycles. The fourth-order valence-electron chi connectivity index (χ4n) is 3.54. The molecule has 0 spiro atoms. The fraction of sp³-hybridized carbons (Fsp3) is 0.381. The fourth-order valence-corrected chi connectivity index (χ4v) is 3.66. The first-order valence-corrected chi connectivity index (χ1v) is 9.74. The Balaban J connectivity index is 1.45. The van der Waals surface area contributed by atoms with E-state index >= 15 is 0 Å². The minimum Gasteiger partial charge on any atom is -0.331 e. The van der Waals surface area contributed by atoms with Gasteiger partial charge in [-0.3, -0.25) is 4.79 Å². The van der Waals surface area contributed by atoms with Crippen LogP contribution in [0.2, 0.25) is 5.02 Å². The number of hydrogen-bond acceptors (Lipinski definition) is 1. The van der Waals surface area contributed by atoms with Crippen LogP contribution in [0, 0.1) is 0 Å². The largest absolute Gasteiger partial charge is 0.331 e. The molecular formula is C21H28ClN3O+2. The van der Waals surface area contributed by atoms with Crippen LogP contribution in [0.1, 0.15) is 24.0 Å². The van der Waals surface area contributed by atoms with Crippen LogP contribution >= 0.6 is 11.6 Å². The van der Waals surface area contributed by atoms with Crippen molar-refractivity contribution in [1.29, 1.82) is 0 Å². The number of anilines is 1. The second-order valence-corrected chi connectivity index (χ2v) is 7.75. The number of rotatable bonds is 7. The van der Waals surface area contributed by atoms with Crippen molar-refractivity contribution in [3.63, 3.8) is 0 Å². The van der Waals surface area contributed by atoms with E-state index in [1.807, 2.05) is 43.4 Å². The minimum absolute atomic E-state index is 0.0365. The number of likely N-dealkylation sites (tertiary alicyclic amines) is 1. The highest BCUT2D eigenvalue weighted by Crippen LogP contribution is 2.10. The van der Waals surface area contributed by atoms with Crippen molar-refractivity contribution in [2.24, 2.45) is 0 Å². The Morgan fingerprint density at radius 3 is 2.31 bits per heavy atom. The van der Waals surface area contributed by atoms with Gasteiger partial charge in [0.15, 0.2) is 6.54 Å². The van der Waals surface area contributed by atoms with Gasteiger partial charge >= 0.3 is 0 Å². The van der Waals surface area contributed by atoms with E-state index < -0.39 is 0 Å². The summed E-state index contributed by atoms with van der Waals surface area (Å²) in [7, 11) is 2.02. The molecule has 1 heterocycles. The van der Waals surface area contributed by atoms with Crippen molar-refractivity contribution in [1.82, 2.24) is 0 Å². The van der Waals surface area contributed by atoms with Crippen LogP contribution in [0.3, 0.4) is 0 Å². The topological polar surface area (TPSA) is 38.0 Å². The van der Waals surface area contributed by atoms with Gasteiger partial charge in [0.1, 0.15) is 13.1 Å². The quantitative estimate of drug-likeness (QED) is 0.669. The van der Waals surface area contributed by atoms with Crippen LogP contribution in [0.25, 0.3) is 0 Å². The average molecular weight is 374 g/mol. The zero-order valence-electron chi connectivity index (χ0n) is 15.4. The predicted molar refractivity (Wildman–Crippen MR) is 106 cm³/mol. The van der Waals surface area contributed by atoms with E-state index in [1.54, 1.807) is 4.90 Å². The molecule has 0 saturated carbocycles. The lowest BCUT2D eigenvalue weighted by Crippen LogP contribution is -3.08. The van der Waals surface area contributed by atoms with Gasteiger partial charge in [0.2, 0.25) is 0 Å². The van der Waals surface area contributed by atoms with Crippen molar-refractivity contribution in [3.8, 4) is 0 Å². The molecule has 26 heavy (non-hydrogen) atoms. The molecular weight excluding hydrogens is 346 g/mol. The van der Waals surface area contributed by atoms with E-state index in [0.717, 1.165) is 28.7 Å². The zero-order chi connectivity index (χ0) is 18.4. The number of likely N-dealkylation sites (N-methyl/N-ethyl adjacent to an activating group) is 1. The number of halogens is 1. The molecule has 0 radical (unpaired) electrons. The number of nitrogens with one attached hydrogen (secondary N) is 3. The number of carbonyl (C=O) groups excluding carboxylic acids is 1. The number of benzene rings is 2. The molecule has 1 unspecified atom stereocenters. The maximum Gasteiger partial charge on any atom is 0.279 e. The molecule has 0 aliphatic carbocycles. The lowest BCUT2D eigenvalue weighted by Gasteiger charge is -2.15. The maximum absolute atomic E-state index is 12.3. The molecule has 1 atom stereocenters. The molecule has 5 heteroatoms. The van der Waals surface area contributed by atoms with E-state index in [9.17, 15) is 4.79 Å². The Labute approximate surface area is 160 Å². The third-order valence-electron chi connectivity index (χ3n) is 4.88. The molecule has 1 saturated heterocycles. The molecule has 1 aliphatic heterocycles. The molecule has 0 bridgehead atoms. The van der Waals surface area contributed by atoms with Crippen molar-refractivity contribution >= 4 is 23.2 Å². The van der Waals surface area contributed by atoms with Crippen LogP contribution in [-0.4, -0.2) is 32.6 Å². The van der Waals surface area contributed by atoms with E-state index in [-0.39, 0.29) is 5.91 Å². The molecule has 138 valence electrons. The normalized spacial score (nSPS) is 15.8.